The Kier molecular flexibility index (Phi) is 5.47. The van der Waals surface area contributed by atoms with Gasteiger partial charge < -0.3 is 5.32 Å². The number of benzene rings is 1. The molecule has 1 N–H and O–H groups in total. The van der Waals surface area contributed by atoms with Crippen LogP contribution in [0.3, 0.4) is 0 Å². The highest BCUT2D eigenvalue weighted by Crippen LogP contribution is 2.35. The first kappa shape index (κ1) is 22.8. The Morgan fingerprint density at radius 3 is 2.39 bits per heavy atom. The number of sulfone groups is 1. The molecule has 3 heterocycles. The first-order chi connectivity index (χ1) is 15.3. The Bertz CT molecular complexity index is 1470. The summed E-state index contributed by atoms with van der Waals surface area (Å²) in [6.07, 6.45) is 2.40. The highest BCUT2D eigenvalue weighted by Gasteiger charge is 2.39. The lowest BCUT2D eigenvalue weighted by atomic mass is 9.96. The molecule has 170 valence electrons. The second-order valence-corrected chi connectivity index (χ2v) is 9.85. The molecule has 33 heavy (non-hydrogen) atoms. The Morgan fingerprint density at radius 2 is 1.82 bits per heavy atom. The van der Waals surface area contributed by atoms with Gasteiger partial charge in [0.25, 0.3) is 0 Å². The van der Waals surface area contributed by atoms with Gasteiger partial charge in [-0.1, -0.05) is 0 Å². The van der Waals surface area contributed by atoms with Crippen LogP contribution in [0.2, 0.25) is 0 Å². The van der Waals surface area contributed by atoms with E-state index < -0.39 is 33.0 Å². The van der Waals surface area contributed by atoms with Crippen molar-refractivity contribution in [2.45, 2.75) is 18.6 Å². The molecule has 13 heteroatoms. The maximum absolute atomic E-state index is 15.3. The molecule has 0 saturated carbocycles. The molecule has 3 aromatic heterocycles. The van der Waals surface area contributed by atoms with Gasteiger partial charge in [0.2, 0.25) is 5.82 Å². The number of rotatable bonds is 6. The van der Waals surface area contributed by atoms with Crippen LogP contribution in [-0.2, 0) is 28.6 Å². The molecule has 0 amide bonds. The van der Waals surface area contributed by atoms with Crippen molar-refractivity contribution in [1.29, 1.82) is 0 Å². The first-order valence-corrected chi connectivity index (χ1v) is 11.7. The molecular weight excluding hydrogens is 456 g/mol. The minimum Gasteiger partial charge on any atom is -0.322 e. The summed E-state index contributed by atoms with van der Waals surface area (Å²) in [5.41, 5.74) is 1.01. The number of hydrogen-bond acceptors (Lipinski definition) is 6. The van der Waals surface area contributed by atoms with E-state index in [1.54, 1.807) is 14.0 Å². The minimum absolute atomic E-state index is 0.0497. The van der Waals surface area contributed by atoms with E-state index >= 15 is 8.78 Å². The molecule has 1 aromatic carbocycles. The zero-order valence-electron chi connectivity index (χ0n) is 17.8. The van der Waals surface area contributed by atoms with Gasteiger partial charge in [0.05, 0.1) is 5.75 Å². The molecule has 4 aromatic rings. The lowest BCUT2D eigenvalue weighted by molar-refractivity contribution is 0.0315. The molecule has 0 unspecified atom stereocenters. The van der Waals surface area contributed by atoms with Gasteiger partial charge in [-0.05, 0) is 48.3 Å². The average molecular weight is 474 g/mol. The molecule has 0 aliphatic rings. The molecule has 0 saturated heterocycles. The average Bonchev–Trinajstić information content (AvgIpc) is 3.22. The Labute approximate surface area is 188 Å². The van der Waals surface area contributed by atoms with E-state index in [2.05, 4.69) is 20.5 Å². The van der Waals surface area contributed by atoms with Gasteiger partial charge in [-0.25, -0.2) is 22.3 Å². The molecule has 4 rings (SSSR count). The molecule has 0 spiro atoms. The second-order valence-electron chi connectivity index (χ2n) is 7.71. The third-order valence-corrected chi connectivity index (χ3v) is 5.91. The highest BCUT2D eigenvalue weighted by atomic mass is 32.2. The Hall–Kier alpha value is -3.35. The lowest BCUT2D eigenvalue weighted by Gasteiger charge is -2.17. The fourth-order valence-corrected chi connectivity index (χ4v) is 4.04. The van der Waals surface area contributed by atoms with Crippen molar-refractivity contribution in [2.24, 2.45) is 7.05 Å². The van der Waals surface area contributed by atoms with Crippen molar-refractivity contribution >= 4 is 40.3 Å². The number of nitrogens with zero attached hydrogens (tertiary/aromatic N) is 5. The summed E-state index contributed by atoms with van der Waals surface area (Å²) in [4.78, 5) is 4.02. The van der Waals surface area contributed by atoms with Gasteiger partial charge in [0, 0.05) is 30.8 Å². The van der Waals surface area contributed by atoms with Crippen LogP contribution in [0.4, 0.5) is 24.8 Å². The molecule has 8 nitrogen and oxygen atoms in total. The van der Waals surface area contributed by atoms with Crippen molar-refractivity contribution in [3.8, 4) is 0 Å². The van der Waals surface area contributed by atoms with Crippen LogP contribution in [-0.4, -0.2) is 46.9 Å². The fraction of sp³-hybridized carbons (Fsp3) is 0.250. The molecule has 0 aliphatic carbocycles. The number of nitrogens with one attached hydrogen (secondary N) is 1. The van der Waals surface area contributed by atoms with Gasteiger partial charge in [-0.2, -0.15) is 13.9 Å². The van der Waals surface area contributed by atoms with Crippen molar-refractivity contribution in [3.63, 3.8) is 0 Å². The van der Waals surface area contributed by atoms with Gasteiger partial charge in [-0.15, -0.1) is 5.10 Å². The van der Waals surface area contributed by atoms with Gasteiger partial charge in [0.15, 0.2) is 15.7 Å². The van der Waals surface area contributed by atoms with E-state index in [1.807, 2.05) is 0 Å². The normalized spacial score (nSPS) is 12.4. The summed E-state index contributed by atoms with van der Waals surface area (Å²) in [6.45, 7) is 1.73. The van der Waals surface area contributed by atoms with E-state index in [0.717, 1.165) is 35.0 Å². The molecule has 2 radical (unpaired) electrons. The number of fused-ring (bicyclic) bond motifs is 1. The summed E-state index contributed by atoms with van der Waals surface area (Å²) in [5, 5.41) is 11.0. The minimum atomic E-state index is -3.68. The van der Waals surface area contributed by atoms with Crippen LogP contribution in [0.5, 0.6) is 0 Å². The molecular formula is C20H18BF3N6O2S. The van der Waals surface area contributed by atoms with Gasteiger partial charge in [0.1, 0.15) is 25.0 Å². The standard InChI is InChI=1S/C20H18BF3N6O2S/c1-11-16(21)18(27-29(11)2)25-17-15-8-12(10-33(3,31)32)9-30(15)28-19(26-17)20(23,24)13-4-6-14(22)7-5-13/h4-9H,10H2,1-3H3,(H,25,26,27,28). The van der Waals surface area contributed by atoms with E-state index in [0.29, 0.717) is 16.7 Å². The van der Waals surface area contributed by atoms with Crippen LogP contribution in [0.15, 0.2) is 36.5 Å². The van der Waals surface area contributed by atoms with Crippen molar-refractivity contribution < 1.29 is 21.6 Å². The highest BCUT2D eigenvalue weighted by molar-refractivity contribution is 7.89. The topological polar surface area (TPSA) is 94.2 Å². The number of hydrogen-bond donors (Lipinski definition) is 1. The van der Waals surface area contributed by atoms with Crippen LogP contribution in [0.1, 0.15) is 22.6 Å². The third kappa shape index (κ3) is 4.45. The maximum Gasteiger partial charge on any atom is 0.333 e. The largest absolute Gasteiger partial charge is 0.333 e. The van der Waals surface area contributed by atoms with Crippen LogP contribution < -0.4 is 10.8 Å². The summed E-state index contributed by atoms with van der Waals surface area (Å²) < 4.78 is 69.9. The van der Waals surface area contributed by atoms with E-state index in [1.165, 1.54) is 16.9 Å². The maximum atomic E-state index is 15.3. The molecule has 0 bridgehead atoms. The summed E-state index contributed by atoms with van der Waals surface area (Å²) in [5.74, 6) is -5.39. The lowest BCUT2D eigenvalue weighted by Crippen LogP contribution is -2.22. The second kappa shape index (κ2) is 7.90. The SMILES string of the molecule is [B]c1c(Nc2nc(C(F)(F)c3ccc(F)cc3)nn3cc(CS(C)(=O)=O)cc23)nn(C)c1C. The van der Waals surface area contributed by atoms with Crippen LogP contribution in [0, 0.1) is 12.7 Å². The molecule has 0 fully saturated rings. The monoisotopic (exact) mass is 474 g/mol. The van der Waals surface area contributed by atoms with E-state index in [4.69, 9.17) is 7.85 Å². The predicted molar refractivity (Wildman–Crippen MR) is 118 cm³/mol. The van der Waals surface area contributed by atoms with Crippen molar-refractivity contribution in [3.05, 3.63) is 65.0 Å². The quantitative estimate of drug-likeness (QED) is 0.431. The number of anilines is 2. The number of aryl methyl sites for hydroxylation is 1. The van der Waals surface area contributed by atoms with Gasteiger partial charge >= 0.3 is 5.92 Å². The summed E-state index contributed by atoms with van der Waals surface area (Å²) in [7, 11) is 4.33. The third-order valence-electron chi connectivity index (χ3n) is 5.05. The summed E-state index contributed by atoms with van der Waals surface area (Å²) >= 11 is 0. The fourth-order valence-electron chi connectivity index (χ4n) is 3.28. The Morgan fingerprint density at radius 1 is 1.15 bits per heavy atom. The number of aromatic nitrogens is 5. The summed E-state index contributed by atoms with van der Waals surface area (Å²) in [6, 6.07) is 5.20. The Balaban J connectivity index is 1.89. The smallest absolute Gasteiger partial charge is 0.322 e. The number of halogens is 3. The van der Waals surface area contributed by atoms with Crippen LogP contribution in [0.25, 0.3) is 5.52 Å². The van der Waals surface area contributed by atoms with E-state index in [9.17, 15) is 12.8 Å². The van der Waals surface area contributed by atoms with Crippen LogP contribution >= 0.6 is 0 Å². The van der Waals surface area contributed by atoms with Crippen molar-refractivity contribution in [1.82, 2.24) is 24.4 Å². The zero-order valence-corrected chi connectivity index (χ0v) is 18.7. The van der Waals surface area contributed by atoms with E-state index in [-0.39, 0.29) is 22.9 Å². The number of alkyl halides is 2. The first-order valence-electron chi connectivity index (χ1n) is 9.62. The molecule has 0 atom stereocenters. The predicted octanol–water partition coefficient (Wildman–Crippen LogP) is 2.13. The van der Waals surface area contributed by atoms with Gasteiger partial charge in [-0.3, -0.25) is 4.68 Å². The zero-order chi connectivity index (χ0) is 24.1. The van der Waals surface area contributed by atoms with Crippen molar-refractivity contribution in [2.75, 3.05) is 11.6 Å². The molecule has 0 aliphatic heterocycles.